The highest BCUT2D eigenvalue weighted by molar-refractivity contribution is 6.32. The van der Waals surface area contributed by atoms with Gasteiger partial charge in [0.05, 0.1) is 11.6 Å². The molecule has 3 nitrogen and oxygen atoms in total. The van der Waals surface area contributed by atoms with Crippen LogP contribution in [0.2, 0.25) is 5.02 Å². The maximum Gasteiger partial charge on any atom is 0.138 e. The average molecular weight is 269 g/mol. The normalized spacial score (nSPS) is 23.7. The molecule has 1 aliphatic rings. The SMILES string of the molecule is CCOc1ccc(NC2CCC(N)CC2)cc1Cl. The second kappa shape index (κ2) is 6.30. The molecule has 0 radical (unpaired) electrons. The van der Waals surface area contributed by atoms with Crippen LogP contribution in [-0.4, -0.2) is 18.7 Å². The minimum Gasteiger partial charge on any atom is -0.492 e. The lowest BCUT2D eigenvalue weighted by molar-refractivity contribution is 0.340. The van der Waals surface area contributed by atoms with Gasteiger partial charge in [-0.05, 0) is 50.8 Å². The molecular formula is C14H21ClN2O. The van der Waals surface area contributed by atoms with Crippen LogP contribution in [-0.2, 0) is 0 Å². The smallest absolute Gasteiger partial charge is 0.138 e. The summed E-state index contributed by atoms with van der Waals surface area (Å²) < 4.78 is 5.42. The minimum absolute atomic E-state index is 0.381. The zero-order valence-electron chi connectivity index (χ0n) is 10.8. The van der Waals surface area contributed by atoms with Crippen molar-refractivity contribution in [2.75, 3.05) is 11.9 Å². The molecular weight excluding hydrogens is 248 g/mol. The van der Waals surface area contributed by atoms with Crippen LogP contribution >= 0.6 is 11.6 Å². The van der Waals surface area contributed by atoms with Crippen LogP contribution in [0.25, 0.3) is 0 Å². The van der Waals surface area contributed by atoms with Gasteiger partial charge in [0, 0.05) is 17.8 Å². The topological polar surface area (TPSA) is 47.3 Å². The van der Waals surface area contributed by atoms with E-state index in [4.69, 9.17) is 22.1 Å². The molecule has 1 aromatic carbocycles. The summed E-state index contributed by atoms with van der Waals surface area (Å²) in [6.45, 7) is 2.58. The lowest BCUT2D eigenvalue weighted by atomic mass is 9.92. The van der Waals surface area contributed by atoms with E-state index in [-0.39, 0.29) is 0 Å². The summed E-state index contributed by atoms with van der Waals surface area (Å²) >= 11 is 6.16. The number of hydrogen-bond acceptors (Lipinski definition) is 3. The fourth-order valence-corrected chi connectivity index (χ4v) is 2.60. The summed E-state index contributed by atoms with van der Waals surface area (Å²) in [5.41, 5.74) is 6.96. The van der Waals surface area contributed by atoms with Gasteiger partial charge < -0.3 is 15.8 Å². The van der Waals surface area contributed by atoms with Crippen molar-refractivity contribution in [1.29, 1.82) is 0 Å². The van der Waals surface area contributed by atoms with Crippen molar-refractivity contribution in [3.8, 4) is 5.75 Å². The minimum atomic E-state index is 0.381. The second-order valence-corrected chi connectivity index (χ2v) is 5.24. The Balaban J connectivity index is 1.95. The van der Waals surface area contributed by atoms with Gasteiger partial charge in [0.15, 0.2) is 0 Å². The highest BCUT2D eigenvalue weighted by atomic mass is 35.5. The summed E-state index contributed by atoms with van der Waals surface area (Å²) in [6, 6.07) is 6.76. The number of benzene rings is 1. The lowest BCUT2D eigenvalue weighted by Crippen LogP contribution is -2.32. The molecule has 18 heavy (non-hydrogen) atoms. The first-order chi connectivity index (χ1) is 8.69. The summed E-state index contributed by atoms with van der Waals surface area (Å²) in [5, 5.41) is 4.18. The van der Waals surface area contributed by atoms with E-state index in [0.717, 1.165) is 37.1 Å². The molecule has 0 unspecified atom stereocenters. The Bertz CT molecular complexity index is 389. The molecule has 0 amide bonds. The van der Waals surface area contributed by atoms with Crippen LogP contribution in [0, 0.1) is 0 Å². The molecule has 0 saturated heterocycles. The van der Waals surface area contributed by atoms with Gasteiger partial charge in [0.2, 0.25) is 0 Å². The molecule has 2 rings (SSSR count). The van der Waals surface area contributed by atoms with Crippen LogP contribution < -0.4 is 15.8 Å². The number of nitrogens with one attached hydrogen (secondary N) is 1. The monoisotopic (exact) mass is 268 g/mol. The number of ether oxygens (including phenoxy) is 1. The predicted octanol–water partition coefficient (Wildman–Crippen LogP) is 3.42. The Labute approximate surface area is 114 Å². The molecule has 0 spiro atoms. The van der Waals surface area contributed by atoms with E-state index in [1.165, 1.54) is 0 Å². The number of nitrogens with two attached hydrogens (primary N) is 1. The molecule has 100 valence electrons. The molecule has 0 aliphatic heterocycles. The van der Waals surface area contributed by atoms with Crippen molar-refractivity contribution in [1.82, 2.24) is 0 Å². The zero-order chi connectivity index (χ0) is 13.0. The van der Waals surface area contributed by atoms with Gasteiger partial charge in [-0.15, -0.1) is 0 Å². The third-order valence-electron chi connectivity index (χ3n) is 3.37. The van der Waals surface area contributed by atoms with E-state index in [0.29, 0.717) is 23.7 Å². The molecule has 1 aliphatic carbocycles. The highest BCUT2D eigenvalue weighted by Crippen LogP contribution is 2.29. The Morgan fingerprint density at radius 3 is 2.67 bits per heavy atom. The standard InChI is InChI=1S/C14H21ClN2O/c1-2-18-14-8-7-12(9-13(14)15)17-11-5-3-10(16)4-6-11/h7-11,17H,2-6,16H2,1H3. The van der Waals surface area contributed by atoms with Crippen molar-refractivity contribution in [2.45, 2.75) is 44.7 Å². The number of anilines is 1. The van der Waals surface area contributed by atoms with Crippen LogP contribution in [0.1, 0.15) is 32.6 Å². The fraction of sp³-hybridized carbons (Fsp3) is 0.571. The highest BCUT2D eigenvalue weighted by Gasteiger charge is 2.18. The van der Waals surface area contributed by atoms with E-state index < -0.39 is 0 Å². The molecule has 4 heteroatoms. The van der Waals surface area contributed by atoms with Gasteiger partial charge in [-0.2, -0.15) is 0 Å². The lowest BCUT2D eigenvalue weighted by Gasteiger charge is -2.27. The summed E-state index contributed by atoms with van der Waals surface area (Å²) in [5.74, 6) is 0.746. The largest absolute Gasteiger partial charge is 0.492 e. The molecule has 3 N–H and O–H groups in total. The second-order valence-electron chi connectivity index (χ2n) is 4.83. The van der Waals surface area contributed by atoms with Gasteiger partial charge in [-0.25, -0.2) is 0 Å². The summed E-state index contributed by atoms with van der Waals surface area (Å²) in [6.07, 6.45) is 4.46. The quantitative estimate of drug-likeness (QED) is 0.880. The fourth-order valence-electron chi connectivity index (χ4n) is 2.36. The Kier molecular flexibility index (Phi) is 4.72. The number of hydrogen-bond donors (Lipinski definition) is 2. The first-order valence-corrected chi connectivity index (χ1v) is 7.01. The van der Waals surface area contributed by atoms with Gasteiger partial charge in [-0.1, -0.05) is 11.6 Å². The molecule has 0 aromatic heterocycles. The van der Waals surface area contributed by atoms with Crippen LogP contribution in [0.4, 0.5) is 5.69 Å². The van der Waals surface area contributed by atoms with Crippen LogP contribution in [0.5, 0.6) is 5.75 Å². The van der Waals surface area contributed by atoms with Gasteiger partial charge in [0.1, 0.15) is 5.75 Å². The van der Waals surface area contributed by atoms with E-state index in [1.807, 2.05) is 25.1 Å². The van der Waals surface area contributed by atoms with Crippen molar-refractivity contribution in [3.63, 3.8) is 0 Å². The molecule has 1 saturated carbocycles. The number of halogens is 1. The van der Waals surface area contributed by atoms with Crippen molar-refractivity contribution in [3.05, 3.63) is 23.2 Å². The first kappa shape index (κ1) is 13.5. The van der Waals surface area contributed by atoms with Crippen molar-refractivity contribution >= 4 is 17.3 Å². The van der Waals surface area contributed by atoms with E-state index in [2.05, 4.69) is 5.32 Å². The number of rotatable bonds is 4. The van der Waals surface area contributed by atoms with Gasteiger partial charge in [-0.3, -0.25) is 0 Å². The predicted molar refractivity (Wildman–Crippen MR) is 76.5 cm³/mol. The van der Waals surface area contributed by atoms with Crippen molar-refractivity contribution in [2.24, 2.45) is 5.73 Å². The summed E-state index contributed by atoms with van der Waals surface area (Å²) in [7, 11) is 0. The van der Waals surface area contributed by atoms with E-state index in [9.17, 15) is 0 Å². The maximum absolute atomic E-state index is 6.16. The zero-order valence-corrected chi connectivity index (χ0v) is 11.5. The molecule has 0 bridgehead atoms. The van der Waals surface area contributed by atoms with Gasteiger partial charge >= 0.3 is 0 Å². The van der Waals surface area contributed by atoms with E-state index in [1.54, 1.807) is 0 Å². The third kappa shape index (κ3) is 3.53. The summed E-state index contributed by atoms with van der Waals surface area (Å²) in [4.78, 5) is 0. The molecule has 1 fully saturated rings. The molecule has 0 atom stereocenters. The first-order valence-electron chi connectivity index (χ1n) is 6.63. The average Bonchev–Trinajstić information content (AvgIpc) is 2.36. The Hall–Kier alpha value is -0.930. The Morgan fingerprint density at radius 2 is 2.06 bits per heavy atom. The Morgan fingerprint density at radius 1 is 1.33 bits per heavy atom. The third-order valence-corrected chi connectivity index (χ3v) is 3.67. The van der Waals surface area contributed by atoms with Crippen molar-refractivity contribution < 1.29 is 4.74 Å². The van der Waals surface area contributed by atoms with E-state index >= 15 is 0 Å². The molecule has 1 aromatic rings. The van der Waals surface area contributed by atoms with Crippen LogP contribution in [0.3, 0.4) is 0 Å². The van der Waals surface area contributed by atoms with Crippen LogP contribution in [0.15, 0.2) is 18.2 Å². The maximum atomic E-state index is 6.16. The van der Waals surface area contributed by atoms with Gasteiger partial charge in [0.25, 0.3) is 0 Å². The molecule has 0 heterocycles.